The summed E-state index contributed by atoms with van der Waals surface area (Å²) in [5, 5.41) is 2.65. The van der Waals surface area contributed by atoms with Crippen LogP contribution in [0.15, 0.2) is 28.7 Å². The molecule has 0 aliphatic rings. The Bertz CT molecular complexity index is 374. The lowest BCUT2D eigenvalue weighted by atomic mass is 10.3. The van der Waals surface area contributed by atoms with Gasteiger partial charge >= 0.3 is 0 Å². The number of hydrogen-bond donors (Lipinski definition) is 1. The van der Waals surface area contributed by atoms with Crippen molar-refractivity contribution in [3.8, 4) is 0 Å². The Morgan fingerprint density at radius 3 is 2.76 bits per heavy atom. The molecule has 0 atom stereocenters. The van der Waals surface area contributed by atoms with Gasteiger partial charge in [-0.2, -0.15) is 0 Å². The number of rotatable bonds is 6. The summed E-state index contributed by atoms with van der Waals surface area (Å²) in [6, 6.07) is 7.14. The van der Waals surface area contributed by atoms with Crippen LogP contribution in [-0.4, -0.2) is 25.5 Å². The van der Waals surface area contributed by atoms with Crippen molar-refractivity contribution in [2.45, 2.75) is 12.8 Å². The molecule has 1 N–H and O–H groups in total. The molecule has 1 aromatic carbocycles. The number of nitrogens with one attached hydrogen (secondary N) is 1. The van der Waals surface area contributed by atoms with Gasteiger partial charge in [0.2, 0.25) is 5.91 Å². The van der Waals surface area contributed by atoms with Gasteiger partial charge in [-0.1, -0.05) is 12.1 Å². The second-order valence-electron chi connectivity index (χ2n) is 3.24. The number of hydrogen-bond acceptors (Lipinski definition) is 2. The topological polar surface area (TPSA) is 38.3 Å². The van der Waals surface area contributed by atoms with Gasteiger partial charge in [-0.25, -0.2) is 8.78 Å². The molecule has 1 aromatic rings. The molecule has 0 saturated heterocycles. The molecular weight excluding hydrogens is 296 g/mol. The summed E-state index contributed by atoms with van der Waals surface area (Å²) < 4.78 is 28.8. The monoisotopic (exact) mass is 307 g/mol. The van der Waals surface area contributed by atoms with Gasteiger partial charge in [0, 0.05) is 4.47 Å². The highest BCUT2D eigenvalue weighted by molar-refractivity contribution is 9.10. The van der Waals surface area contributed by atoms with E-state index in [4.69, 9.17) is 0 Å². The summed E-state index contributed by atoms with van der Waals surface area (Å²) in [6.45, 7) is -0.650. The van der Waals surface area contributed by atoms with E-state index in [1.165, 1.54) is 0 Å². The van der Waals surface area contributed by atoms with Crippen LogP contribution in [0.1, 0.15) is 6.42 Å². The fourth-order valence-corrected chi connectivity index (χ4v) is 1.50. The molecule has 3 nitrogen and oxygen atoms in total. The molecule has 0 aliphatic heterocycles. The van der Waals surface area contributed by atoms with Crippen molar-refractivity contribution >= 4 is 27.5 Å². The van der Waals surface area contributed by atoms with E-state index in [2.05, 4.69) is 26.0 Å². The fourth-order valence-electron chi connectivity index (χ4n) is 1.11. The SMILES string of the molecule is O=C(CCOCC(F)F)Nc1ccccc1Br. The Morgan fingerprint density at radius 1 is 1.41 bits per heavy atom. The lowest BCUT2D eigenvalue weighted by molar-refractivity contribution is -0.117. The quantitative estimate of drug-likeness (QED) is 0.820. The van der Waals surface area contributed by atoms with Crippen molar-refractivity contribution in [2.24, 2.45) is 0 Å². The molecule has 6 heteroatoms. The van der Waals surface area contributed by atoms with Gasteiger partial charge in [0.05, 0.1) is 18.7 Å². The smallest absolute Gasteiger partial charge is 0.261 e. The highest BCUT2D eigenvalue weighted by Crippen LogP contribution is 2.21. The molecule has 0 aliphatic carbocycles. The maximum atomic E-state index is 11.7. The Labute approximate surface area is 106 Å². The summed E-state index contributed by atoms with van der Waals surface area (Å²) in [4.78, 5) is 11.4. The molecule has 94 valence electrons. The standard InChI is InChI=1S/C11H12BrF2NO2/c12-8-3-1-2-4-9(8)15-11(16)5-6-17-7-10(13)14/h1-4,10H,5-7H2,(H,15,16). The minimum atomic E-state index is -2.50. The van der Waals surface area contributed by atoms with Crippen LogP contribution in [0.25, 0.3) is 0 Å². The number of amides is 1. The first kappa shape index (κ1) is 14.1. The maximum Gasteiger partial charge on any atom is 0.261 e. The van der Waals surface area contributed by atoms with Gasteiger partial charge in [-0.3, -0.25) is 4.79 Å². The number of carbonyl (C=O) groups excluding carboxylic acids is 1. The zero-order valence-electron chi connectivity index (χ0n) is 8.96. The lowest BCUT2D eigenvalue weighted by Gasteiger charge is -2.07. The molecule has 0 saturated carbocycles. The van der Waals surface area contributed by atoms with Crippen LogP contribution in [0.2, 0.25) is 0 Å². The first-order chi connectivity index (χ1) is 8.09. The van der Waals surface area contributed by atoms with Crippen LogP contribution < -0.4 is 5.32 Å². The van der Waals surface area contributed by atoms with E-state index in [1.807, 2.05) is 6.07 Å². The molecule has 0 fully saturated rings. The molecule has 0 radical (unpaired) electrons. The van der Waals surface area contributed by atoms with Crippen LogP contribution in [0.3, 0.4) is 0 Å². The number of halogens is 3. The van der Waals surface area contributed by atoms with E-state index < -0.39 is 13.0 Å². The molecule has 0 unspecified atom stereocenters. The maximum absolute atomic E-state index is 11.7. The first-order valence-electron chi connectivity index (χ1n) is 5.00. The van der Waals surface area contributed by atoms with E-state index in [0.29, 0.717) is 5.69 Å². The van der Waals surface area contributed by atoms with Gasteiger partial charge in [-0.15, -0.1) is 0 Å². The van der Waals surface area contributed by atoms with Crippen LogP contribution in [0, 0.1) is 0 Å². The van der Waals surface area contributed by atoms with Crippen LogP contribution in [0.4, 0.5) is 14.5 Å². The third-order valence-electron chi connectivity index (χ3n) is 1.87. The minimum absolute atomic E-state index is 0.0133. The second kappa shape index (κ2) is 7.34. The van der Waals surface area contributed by atoms with Gasteiger partial charge in [-0.05, 0) is 28.1 Å². The highest BCUT2D eigenvalue weighted by Gasteiger charge is 2.06. The van der Waals surface area contributed by atoms with Gasteiger partial charge < -0.3 is 10.1 Å². The Hall–Kier alpha value is -1.01. The Balaban J connectivity index is 2.28. The average Bonchev–Trinajstić information content (AvgIpc) is 2.27. The van der Waals surface area contributed by atoms with Crippen LogP contribution in [0.5, 0.6) is 0 Å². The largest absolute Gasteiger partial charge is 0.375 e. The molecule has 17 heavy (non-hydrogen) atoms. The molecule has 0 spiro atoms. The Kier molecular flexibility index (Phi) is 6.07. The van der Waals surface area contributed by atoms with E-state index in [-0.39, 0.29) is 18.9 Å². The Morgan fingerprint density at radius 2 is 2.12 bits per heavy atom. The number of benzene rings is 1. The number of carbonyl (C=O) groups is 1. The van der Waals surface area contributed by atoms with E-state index in [1.54, 1.807) is 18.2 Å². The van der Waals surface area contributed by atoms with Crippen molar-refractivity contribution < 1.29 is 18.3 Å². The van der Waals surface area contributed by atoms with Crippen molar-refractivity contribution in [1.29, 1.82) is 0 Å². The molecule has 1 rings (SSSR count). The highest BCUT2D eigenvalue weighted by atomic mass is 79.9. The third-order valence-corrected chi connectivity index (χ3v) is 2.56. The molecule has 0 heterocycles. The fraction of sp³-hybridized carbons (Fsp3) is 0.364. The summed E-state index contributed by atoms with van der Waals surface area (Å²) >= 11 is 3.28. The van der Waals surface area contributed by atoms with Crippen molar-refractivity contribution in [2.75, 3.05) is 18.5 Å². The molecular formula is C11H12BrF2NO2. The summed E-state index contributed by atoms with van der Waals surface area (Å²) in [6.07, 6.45) is -2.45. The average molecular weight is 308 g/mol. The molecule has 1 amide bonds. The second-order valence-corrected chi connectivity index (χ2v) is 4.10. The number of anilines is 1. The number of ether oxygens (including phenoxy) is 1. The normalized spacial score (nSPS) is 10.6. The third kappa shape index (κ3) is 5.74. The van der Waals surface area contributed by atoms with Crippen molar-refractivity contribution in [3.63, 3.8) is 0 Å². The van der Waals surface area contributed by atoms with E-state index >= 15 is 0 Å². The van der Waals surface area contributed by atoms with Crippen LogP contribution in [-0.2, 0) is 9.53 Å². The van der Waals surface area contributed by atoms with E-state index in [9.17, 15) is 13.6 Å². The van der Waals surface area contributed by atoms with Gasteiger partial charge in [0.15, 0.2) is 0 Å². The van der Waals surface area contributed by atoms with Gasteiger partial charge in [0.25, 0.3) is 6.43 Å². The van der Waals surface area contributed by atoms with E-state index in [0.717, 1.165) is 4.47 Å². The van der Waals surface area contributed by atoms with Crippen LogP contribution >= 0.6 is 15.9 Å². The summed E-state index contributed by atoms with van der Waals surface area (Å²) in [5.41, 5.74) is 0.645. The minimum Gasteiger partial charge on any atom is -0.375 e. The van der Waals surface area contributed by atoms with Crippen molar-refractivity contribution in [3.05, 3.63) is 28.7 Å². The predicted molar refractivity (Wildman–Crippen MR) is 64.2 cm³/mol. The lowest BCUT2D eigenvalue weighted by Crippen LogP contribution is -2.15. The number of para-hydroxylation sites is 1. The van der Waals surface area contributed by atoms with Gasteiger partial charge in [0.1, 0.15) is 6.61 Å². The zero-order valence-corrected chi connectivity index (χ0v) is 10.5. The number of alkyl halides is 2. The zero-order chi connectivity index (χ0) is 12.7. The summed E-state index contributed by atoms with van der Waals surface area (Å²) in [5.74, 6) is -0.272. The molecule has 0 bridgehead atoms. The summed E-state index contributed by atoms with van der Waals surface area (Å²) in [7, 11) is 0. The van der Waals surface area contributed by atoms with Crippen molar-refractivity contribution in [1.82, 2.24) is 0 Å². The first-order valence-corrected chi connectivity index (χ1v) is 5.79. The predicted octanol–water partition coefficient (Wildman–Crippen LogP) is 3.06. The molecule has 0 aromatic heterocycles.